The first kappa shape index (κ1) is 25.5. The number of thiazole rings is 1. The standard InChI is InChI=1S/C24H30N4O4SSi/c1-24(2,3)34(4,5)31-14-20(32-22(25)30)21(29)28-23-27-19(15-33-23)18-8-6-7-17(13-18)16-9-11-26-12-10-16/h6-13,15,20H,14H2,1-5H3,(H2,25,30)(H,27,28,29). The second kappa shape index (κ2) is 10.5. The van der Waals surface area contributed by atoms with Crippen LogP contribution in [-0.4, -0.2) is 43.0 Å². The molecule has 3 N–H and O–H groups in total. The summed E-state index contributed by atoms with van der Waals surface area (Å²) in [4.78, 5) is 32.8. The van der Waals surface area contributed by atoms with E-state index in [1.807, 2.05) is 41.8 Å². The molecule has 0 saturated carbocycles. The number of primary amides is 1. The number of hydrogen-bond acceptors (Lipinski definition) is 7. The summed E-state index contributed by atoms with van der Waals surface area (Å²) in [6.45, 7) is 10.3. The highest BCUT2D eigenvalue weighted by atomic mass is 32.1. The highest BCUT2D eigenvalue weighted by Gasteiger charge is 2.38. The molecule has 34 heavy (non-hydrogen) atoms. The number of carbonyl (C=O) groups excluding carboxylic acids is 2. The number of benzene rings is 1. The number of ether oxygens (including phenoxy) is 1. The Balaban J connectivity index is 1.72. The van der Waals surface area contributed by atoms with E-state index in [0.29, 0.717) is 5.13 Å². The van der Waals surface area contributed by atoms with Crippen molar-refractivity contribution in [1.29, 1.82) is 0 Å². The lowest BCUT2D eigenvalue weighted by atomic mass is 10.0. The van der Waals surface area contributed by atoms with Crippen LogP contribution in [0.3, 0.4) is 0 Å². The van der Waals surface area contributed by atoms with Gasteiger partial charge in [0, 0.05) is 23.3 Å². The molecule has 0 spiro atoms. The molecule has 0 saturated heterocycles. The number of amides is 2. The number of carbonyl (C=O) groups is 2. The molecule has 0 bridgehead atoms. The molecule has 2 aromatic heterocycles. The van der Waals surface area contributed by atoms with Gasteiger partial charge in [-0.2, -0.15) is 0 Å². The summed E-state index contributed by atoms with van der Waals surface area (Å²) in [5.74, 6) is -0.538. The molecule has 8 nitrogen and oxygen atoms in total. The number of aromatic nitrogens is 2. The van der Waals surface area contributed by atoms with Gasteiger partial charge in [-0.25, -0.2) is 9.78 Å². The fourth-order valence-electron chi connectivity index (χ4n) is 2.86. The van der Waals surface area contributed by atoms with Crippen molar-refractivity contribution in [2.45, 2.75) is 45.0 Å². The predicted octanol–water partition coefficient (Wildman–Crippen LogP) is 5.30. The van der Waals surface area contributed by atoms with Gasteiger partial charge < -0.3 is 14.9 Å². The van der Waals surface area contributed by atoms with E-state index >= 15 is 0 Å². The zero-order chi connectivity index (χ0) is 24.9. The molecule has 180 valence electrons. The minimum Gasteiger partial charge on any atom is -0.434 e. The number of hydrogen-bond donors (Lipinski definition) is 2. The first-order valence-corrected chi connectivity index (χ1v) is 14.6. The Bertz CT molecular complexity index is 1150. The molecule has 2 amide bonds. The van der Waals surface area contributed by atoms with E-state index < -0.39 is 26.4 Å². The van der Waals surface area contributed by atoms with Crippen LogP contribution in [0, 0.1) is 0 Å². The third-order valence-electron chi connectivity index (χ3n) is 5.86. The van der Waals surface area contributed by atoms with Gasteiger partial charge in [-0.15, -0.1) is 11.3 Å². The van der Waals surface area contributed by atoms with Gasteiger partial charge in [-0.1, -0.05) is 39.0 Å². The number of rotatable bonds is 8. The summed E-state index contributed by atoms with van der Waals surface area (Å²) >= 11 is 1.28. The number of nitrogens with one attached hydrogen (secondary N) is 1. The van der Waals surface area contributed by atoms with E-state index in [-0.39, 0.29) is 11.6 Å². The number of nitrogens with zero attached hydrogens (tertiary/aromatic N) is 2. The van der Waals surface area contributed by atoms with Gasteiger partial charge in [0.1, 0.15) is 0 Å². The van der Waals surface area contributed by atoms with Crippen LogP contribution in [0.4, 0.5) is 9.93 Å². The normalized spacial score (nSPS) is 12.7. The van der Waals surface area contributed by atoms with Crippen molar-refractivity contribution in [2.75, 3.05) is 11.9 Å². The molecule has 0 fully saturated rings. The van der Waals surface area contributed by atoms with Gasteiger partial charge in [0.15, 0.2) is 13.4 Å². The summed E-state index contributed by atoms with van der Waals surface area (Å²) < 4.78 is 11.1. The van der Waals surface area contributed by atoms with Crippen molar-refractivity contribution < 1.29 is 18.8 Å². The van der Waals surface area contributed by atoms with E-state index in [1.165, 1.54) is 11.3 Å². The van der Waals surface area contributed by atoms with Crippen molar-refractivity contribution in [3.8, 4) is 22.4 Å². The Hall–Kier alpha value is -3.08. The molecule has 0 aliphatic carbocycles. The molecular weight excluding hydrogens is 468 g/mol. The Morgan fingerprint density at radius 1 is 1.12 bits per heavy atom. The summed E-state index contributed by atoms with van der Waals surface area (Å²) in [5, 5.41) is 4.91. The molecule has 1 aromatic carbocycles. The zero-order valence-electron chi connectivity index (χ0n) is 20.0. The highest BCUT2D eigenvalue weighted by Crippen LogP contribution is 2.36. The second-order valence-electron chi connectivity index (χ2n) is 9.34. The van der Waals surface area contributed by atoms with Crippen molar-refractivity contribution in [3.63, 3.8) is 0 Å². The molecule has 0 aliphatic rings. The summed E-state index contributed by atoms with van der Waals surface area (Å²) in [7, 11) is -2.16. The Morgan fingerprint density at radius 2 is 1.79 bits per heavy atom. The van der Waals surface area contributed by atoms with E-state index in [9.17, 15) is 9.59 Å². The molecule has 0 aliphatic heterocycles. The van der Waals surface area contributed by atoms with Crippen molar-refractivity contribution in [2.24, 2.45) is 5.73 Å². The molecule has 3 aromatic rings. The van der Waals surface area contributed by atoms with E-state index in [1.54, 1.807) is 12.4 Å². The monoisotopic (exact) mass is 498 g/mol. The number of pyridine rings is 1. The average molecular weight is 499 g/mol. The Morgan fingerprint density at radius 3 is 2.44 bits per heavy atom. The van der Waals surface area contributed by atoms with Crippen LogP contribution in [0.15, 0.2) is 54.2 Å². The van der Waals surface area contributed by atoms with E-state index in [0.717, 1.165) is 22.4 Å². The predicted molar refractivity (Wildman–Crippen MR) is 137 cm³/mol. The maximum atomic E-state index is 12.9. The molecule has 10 heteroatoms. The third-order valence-corrected chi connectivity index (χ3v) is 11.1. The quantitative estimate of drug-likeness (QED) is 0.407. The lowest BCUT2D eigenvalue weighted by Crippen LogP contribution is -2.46. The van der Waals surface area contributed by atoms with Gasteiger partial charge in [0.05, 0.1) is 12.3 Å². The Labute approximate surface area is 204 Å². The van der Waals surface area contributed by atoms with Gasteiger partial charge in [-0.3, -0.25) is 15.1 Å². The van der Waals surface area contributed by atoms with Crippen molar-refractivity contribution in [3.05, 3.63) is 54.2 Å². The Kier molecular flexibility index (Phi) is 7.85. The molecule has 1 atom stereocenters. The smallest absolute Gasteiger partial charge is 0.405 e. The van der Waals surface area contributed by atoms with Crippen LogP contribution in [-0.2, 0) is 14.0 Å². The van der Waals surface area contributed by atoms with Crippen LogP contribution in [0.5, 0.6) is 0 Å². The van der Waals surface area contributed by atoms with Crippen LogP contribution >= 0.6 is 11.3 Å². The minimum absolute atomic E-state index is 0.0598. The van der Waals surface area contributed by atoms with Gasteiger partial charge in [0.2, 0.25) is 6.10 Å². The lowest BCUT2D eigenvalue weighted by Gasteiger charge is -2.36. The maximum absolute atomic E-state index is 12.9. The third kappa shape index (κ3) is 6.49. The second-order valence-corrected chi connectivity index (χ2v) is 15.0. The van der Waals surface area contributed by atoms with E-state index in [4.69, 9.17) is 14.9 Å². The summed E-state index contributed by atoms with van der Waals surface area (Å²) in [6, 6.07) is 11.8. The SMILES string of the molecule is CC(C)(C)[Si](C)(C)OCC(OC(N)=O)C(=O)Nc1nc(-c2cccc(-c3ccncc3)c2)cs1. The lowest BCUT2D eigenvalue weighted by molar-refractivity contribution is -0.125. The fourth-order valence-corrected chi connectivity index (χ4v) is 4.58. The average Bonchev–Trinajstić information content (AvgIpc) is 3.25. The van der Waals surface area contributed by atoms with Crippen LogP contribution in [0.1, 0.15) is 20.8 Å². The number of nitrogens with two attached hydrogens (primary N) is 1. The number of anilines is 1. The maximum Gasteiger partial charge on any atom is 0.405 e. The molecule has 1 unspecified atom stereocenters. The first-order valence-electron chi connectivity index (χ1n) is 10.8. The van der Waals surface area contributed by atoms with Crippen LogP contribution < -0.4 is 11.1 Å². The molecule has 3 rings (SSSR count). The zero-order valence-corrected chi connectivity index (χ0v) is 21.8. The van der Waals surface area contributed by atoms with Gasteiger partial charge >= 0.3 is 6.09 Å². The summed E-state index contributed by atoms with van der Waals surface area (Å²) in [6.07, 6.45) is 1.29. The topological polar surface area (TPSA) is 116 Å². The molecular formula is C24H30N4O4SSi. The summed E-state index contributed by atoms with van der Waals surface area (Å²) in [5.41, 5.74) is 8.91. The van der Waals surface area contributed by atoms with Crippen molar-refractivity contribution >= 4 is 36.8 Å². The largest absolute Gasteiger partial charge is 0.434 e. The van der Waals surface area contributed by atoms with Crippen LogP contribution in [0.2, 0.25) is 18.1 Å². The van der Waals surface area contributed by atoms with Gasteiger partial charge in [-0.05, 0) is 47.5 Å². The molecule has 0 radical (unpaired) electrons. The van der Waals surface area contributed by atoms with E-state index in [2.05, 4.69) is 49.1 Å². The minimum atomic E-state index is -2.16. The first-order chi connectivity index (χ1) is 16.0. The fraction of sp³-hybridized carbons (Fsp3) is 0.333. The highest BCUT2D eigenvalue weighted by molar-refractivity contribution is 7.14. The van der Waals surface area contributed by atoms with Gasteiger partial charge in [0.25, 0.3) is 5.91 Å². The molecule has 2 heterocycles. The van der Waals surface area contributed by atoms with Crippen molar-refractivity contribution in [1.82, 2.24) is 9.97 Å². The van der Waals surface area contributed by atoms with Crippen LogP contribution in [0.25, 0.3) is 22.4 Å².